The summed E-state index contributed by atoms with van der Waals surface area (Å²) in [6, 6.07) is 20.6. The molecule has 126 valence electrons. The number of amides is 1. The summed E-state index contributed by atoms with van der Waals surface area (Å²) in [5.74, 6) is -0.0235. The molecule has 1 aliphatic rings. The third kappa shape index (κ3) is 3.44. The lowest BCUT2D eigenvalue weighted by Gasteiger charge is -2.18. The van der Waals surface area contributed by atoms with Gasteiger partial charge in [-0.15, -0.1) is 11.3 Å². The van der Waals surface area contributed by atoms with E-state index in [1.807, 2.05) is 18.2 Å². The highest BCUT2D eigenvalue weighted by Gasteiger charge is 2.19. The number of carbonyl (C=O) groups excluding carboxylic acids is 1. The summed E-state index contributed by atoms with van der Waals surface area (Å²) in [6.07, 6.45) is 0. The number of nitrogens with zero attached hydrogens (tertiary/aromatic N) is 1. The lowest BCUT2D eigenvalue weighted by molar-refractivity contribution is 0.0951. The van der Waals surface area contributed by atoms with Gasteiger partial charge >= 0.3 is 0 Å². The quantitative estimate of drug-likeness (QED) is 0.752. The van der Waals surface area contributed by atoms with Gasteiger partial charge in [-0.2, -0.15) is 0 Å². The molecule has 0 saturated heterocycles. The van der Waals surface area contributed by atoms with Crippen molar-refractivity contribution in [3.8, 4) is 0 Å². The molecule has 0 fully saturated rings. The molecule has 4 rings (SSSR count). The summed E-state index contributed by atoms with van der Waals surface area (Å²) >= 11 is 1.72. The predicted molar refractivity (Wildman–Crippen MR) is 103 cm³/mol. The minimum atomic E-state index is -0.0235. The van der Waals surface area contributed by atoms with Gasteiger partial charge in [-0.3, -0.25) is 4.79 Å². The summed E-state index contributed by atoms with van der Waals surface area (Å²) in [4.78, 5) is 17.2. The van der Waals surface area contributed by atoms with Crippen LogP contribution in [0, 0.1) is 6.92 Å². The molecule has 3 nitrogen and oxygen atoms in total. The molecule has 1 aromatic heterocycles. The second-order valence-electron chi connectivity index (χ2n) is 6.37. The summed E-state index contributed by atoms with van der Waals surface area (Å²) < 4.78 is 0. The summed E-state index contributed by atoms with van der Waals surface area (Å²) in [5, 5.41) is 3.02. The fourth-order valence-electron chi connectivity index (χ4n) is 3.21. The van der Waals surface area contributed by atoms with Crippen LogP contribution in [0.1, 0.15) is 31.2 Å². The second-order valence-corrected chi connectivity index (χ2v) is 7.74. The van der Waals surface area contributed by atoms with Gasteiger partial charge in [0, 0.05) is 34.1 Å². The average Bonchev–Trinajstić information content (AvgIpc) is 3.25. The molecule has 1 amide bonds. The van der Waals surface area contributed by atoms with E-state index in [0.717, 1.165) is 18.8 Å². The van der Waals surface area contributed by atoms with Crippen molar-refractivity contribution in [2.75, 3.05) is 4.90 Å². The molecule has 0 aliphatic carbocycles. The SMILES string of the molecule is Cc1ccc(CNC(=O)c2cccc(N3Cc4ccccc4C3)c2)s1. The number of fused-ring (bicyclic) bond motifs is 1. The number of aryl methyl sites for hydroxylation is 1. The Morgan fingerprint density at radius 3 is 2.48 bits per heavy atom. The molecular weight excluding hydrogens is 328 g/mol. The molecule has 0 bridgehead atoms. The van der Waals surface area contributed by atoms with Crippen LogP contribution in [0.5, 0.6) is 0 Å². The van der Waals surface area contributed by atoms with Crippen LogP contribution in [0.3, 0.4) is 0 Å². The molecule has 2 aromatic carbocycles. The largest absolute Gasteiger partial charge is 0.363 e. The highest BCUT2D eigenvalue weighted by Crippen LogP contribution is 2.28. The van der Waals surface area contributed by atoms with Crippen LogP contribution in [0.15, 0.2) is 60.7 Å². The summed E-state index contributed by atoms with van der Waals surface area (Å²) in [6.45, 7) is 4.45. The van der Waals surface area contributed by atoms with Crippen LogP contribution in [-0.4, -0.2) is 5.91 Å². The molecule has 2 heterocycles. The topological polar surface area (TPSA) is 32.3 Å². The third-order valence-corrected chi connectivity index (χ3v) is 5.53. The fraction of sp³-hybridized carbons (Fsp3) is 0.190. The Kier molecular flexibility index (Phi) is 4.28. The van der Waals surface area contributed by atoms with Gasteiger partial charge < -0.3 is 10.2 Å². The molecule has 0 atom stereocenters. The second kappa shape index (κ2) is 6.73. The number of nitrogens with one attached hydrogen (secondary N) is 1. The summed E-state index contributed by atoms with van der Waals surface area (Å²) in [7, 11) is 0. The van der Waals surface area contributed by atoms with Crippen molar-refractivity contribution >= 4 is 22.9 Å². The Morgan fingerprint density at radius 2 is 1.80 bits per heavy atom. The van der Waals surface area contributed by atoms with E-state index in [4.69, 9.17) is 0 Å². The van der Waals surface area contributed by atoms with E-state index in [1.165, 1.54) is 20.9 Å². The number of carbonyl (C=O) groups is 1. The number of anilines is 1. The first-order chi connectivity index (χ1) is 12.2. The van der Waals surface area contributed by atoms with Crippen LogP contribution in [0.4, 0.5) is 5.69 Å². The lowest BCUT2D eigenvalue weighted by Crippen LogP contribution is -2.23. The average molecular weight is 348 g/mol. The number of rotatable bonds is 4. The molecular formula is C21H20N2OS. The smallest absolute Gasteiger partial charge is 0.251 e. The normalized spacial score (nSPS) is 12.9. The number of thiophene rings is 1. The predicted octanol–water partition coefficient (Wildman–Crippen LogP) is 4.51. The van der Waals surface area contributed by atoms with Crippen molar-refractivity contribution in [3.63, 3.8) is 0 Å². The van der Waals surface area contributed by atoms with E-state index in [0.29, 0.717) is 12.1 Å². The standard InChI is InChI=1S/C21H20N2OS/c1-15-9-10-20(25-15)12-22-21(24)16-7-4-8-19(11-16)23-13-17-5-2-3-6-18(17)14-23/h2-11H,12-14H2,1H3,(H,22,24). The van der Waals surface area contributed by atoms with E-state index >= 15 is 0 Å². The Balaban J connectivity index is 1.45. The van der Waals surface area contributed by atoms with Crippen LogP contribution in [0.2, 0.25) is 0 Å². The van der Waals surface area contributed by atoms with E-state index in [1.54, 1.807) is 11.3 Å². The Hall–Kier alpha value is -2.59. The molecule has 0 radical (unpaired) electrons. The van der Waals surface area contributed by atoms with Gasteiger partial charge in [0.05, 0.1) is 6.54 Å². The van der Waals surface area contributed by atoms with Gasteiger partial charge in [0.2, 0.25) is 0 Å². The van der Waals surface area contributed by atoms with Gasteiger partial charge in [-0.25, -0.2) is 0 Å². The van der Waals surface area contributed by atoms with E-state index in [-0.39, 0.29) is 5.91 Å². The molecule has 1 N–H and O–H groups in total. The van der Waals surface area contributed by atoms with Crippen molar-refractivity contribution in [1.82, 2.24) is 5.32 Å². The van der Waals surface area contributed by atoms with E-state index in [2.05, 4.69) is 59.6 Å². The molecule has 4 heteroatoms. The van der Waals surface area contributed by atoms with Crippen molar-refractivity contribution in [1.29, 1.82) is 0 Å². The highest BCUT2D eigenvalue weighted by molar-refractivity contribution is 7.11. The van der Waals surface area contributed by atoms with Crippen molar-refractivity contribution in [3.05, 3.63) is 87.1 Å². The van der Waals surface area contributed by atoms with Crippen LogP contribution < -0.4 is 10.2 Å². The Morgan fingerprint density at radius 1 is 1.04 bits per heavy atom. The monoisotopic (exact) mass is 348 g/mol. The minimum Gasteiger partial charge on any atom is -0.363 e. The molecule has 0 saturated carbocycles. The third-order valence-electron chi connectivity index (χ3n) is 4.53. The fourth-order valence-corrected chi connectivity index (χ4v) is 4.04. The Labute approximate surface area is 151 Å². The van der Waals surface area contributed by atoms with Crippen molar-refractivity contribution in [2.45, 2.75) is 26.6 Å². The van der Waals surface area contributed by atoms with Gasteiger partial charge in [-0.05, 0) is 48.4 Å². The first-order valence-corrected chi connectivity index (χ1v) is 9.26. The zero-order valence-corrected chi connectivity index (χ0v) is 15.0. The van der Waals surface area contributed by atoms with Gasteiger partial charge in [-0.1, -0.05) is 30.3 Å². The van der Waals surface area contributed by atoms with Gasteiger partial charge in [0.15, 0.2) is 0 Å². The minimum absolute atomic E-state index is 0.0235. The van der Waals surface area contributed by atoms with E-state index < -0.39 is 0 Å². The van der Waals surface area contributed by atoms with Crippen LogP contribution in [0.25, 0.3) is 0 Å². The molecule has 0 spiro atoms. The maximum atomic E-state index is 12.5. The number of benzene rings is 2. The van der Waals surface area contributed by atoms with Gasteiger partial charge in [0.25, 0.3) is 5.91 Å². The molecule has 3 aromatic rings. The van der Waals surface area contributed by atoms with Crippen LogP contribution in [-0.2, 0) is 19.6 Å². The van der Waals surface area contributed by atoms with Crippen LogP contribution >= 0.6 is 11.3 Å². The highest BCUT2D eigenvalue weighted by atomic mass is 32.1. The molecule has 25 heavy (non-hydrogen) atoms. The zero-order valence-electron chi connectivity index (χ0n) is 14.2. The number of hydrogen-bond acceptors (Lipinski definition) is 3. The van der Waals surface area contributed by atoms with Crippen molar-refractivity contribution in [2.24, 2.45) is 0 Å². The van der Waals surface area contributed by atoms with Gasteiger partial charge in [0.1, 0.15) is 0 Å². The zero-order chi connectivity index (χ0) is 17.2. The summed E-state index contributed by atoms with van der Waals surface area (Å²) in [5.41, 5.74) is 4.54. The first-order valence-electron chi connectivity index (χ1n) is 8.44. The first kappa shape index (κ1) is 15.9. The van der Waals surface area contributed by atoms with Crippen molar-refractivity contribution < 1.29 is 4.79 Å². The van der Waals surface area contributed by atoms with E-state index in [9.17, 15) is 4.79 Å². The maximum absolute atomic E-state index is 12.5. The molecule has 0 unspecified atom stereocenters. The number of hydrogen-bond donors (Lipinski definition) is 1. The molecule has 1 aliphatic heterocycles. The lowest BCUT2D eigenvalue weighted by atomic mass is 10.1. The Bertz CT molecular complexity index is 891. The maximum Gasteiger partial charge on any atom is 0.251 e.